The molecule has 0 atom stereocenters. The topological polar surface area (TPSA) is 36.9 Å². The van der Waals surface area contributed by atoms with Crippen molar-refractivity contribution in [2.45, 2.75) is 78.6 Å². The minimum atomic E-state index is -0.557. The van der Waals surface area contributed by atoms with Gasteiger partial charge in [0.1, 0.15) is 0 Å². The number of rotatable bonds is 7. The SMILES string of the molecule is [2H]c1c([2H])c([2H])c(-c2cccc(-c3c([2H])c([2H])c([2H])c([2H])c3[2H])c2-n2[c](=[Pt])n(-c3cccc(Oc4ccc5c6cc7c(cc6n(-c6cc(C(C)(C)C)ccn6)c5c4)C(C)(C)C(C)(C)C7(C)C)c3)c3ccccc32)c([2H])c1[2H]. The summed E-state index contributed by atoms with van der Waals surface area (Å²) in [5, 5.41) is 2.22. The molecule has 0 bridgehead atoms. The van der Waals surface area contributed by atoms with Gasteiger partial charge in [-0.3, -0.25) is 0 Å². The summed E-state index contributed by atoms with van der Waals surface area (Å²) in [4.78, 5) is 5.01. The van der Waals surface area contributed by atoms with Crippen LogP contribution in [0.4, 0.5) is 0 Å². The van der Waals surface area contributed by atoms with Crippen LogP contribution in [0.25, 0.3) is 72.3 Å². The molecule has 0 fully saturated rings. The molecule has 7 aromatic carbocycles. The molecule has 3 heterocycles. The van der Waals surface area contributed by atoms with Crippen LogP contribution in [0.15, 0.2) is 176 Å². The molecule has 0 spiro atoms. The molecule has 0 radical (unpaired) electrons. The molecule has 67 heavy (non-hydrogen) atoms. The Bertz CT molecular complexity index is 4110. The molecule has 5 nitrogen and oxygen atoms in total. The number of aromatic nitrogens is 4. The fourth-order valence-corrected chi connectivity index (χ4v) is 11.3. The van der Waals surface area contributed by atoms with Crippen molar-refractivity contribution in [3.8, 4) is 50.9 Å². The van der Waals surface area contributed by atoms with Gasteiger partial charge in [-0.2, -0.15) is 0 Å². The number of hydrogen-bond acceptors (Lipinski definition) is 2. The zero-order valence-corrected chi connectivity index (χ0v) is 41.3. The van der Waals surface area contributed by atoms with Gasteiger partial charge in [0.25, 0.3) is 0 Å². The Morgan fingerprint density at radius 3 is 1.78 bits per heavy atom. The van der Waals surface area contributed by atoms with Crippen molar-refractivity contribution in [3.05, 3.63) is 196 Å². The average Bonchev–Trinajstić information content (AvgIpc) is 4.10. The summed E-state index contributed by atoms with van der Waals surface area (Å²) in [5.74, 6) is 1.97. The van der Waals surface area contributed by atoms with E-state index in [1.807, 2.05) is 69.9 Å². The molecule has 0 saturated carbocycles. The Labute approximate surface area is 418 Å². The van der Waals surface area contributed by atoms with Crippen LogP contribution < -0.4 is 4.74 Å². The molecule has 336 valence electrons. The molecule has 0 saturated heterocycles. The van der Waals surface area contributed by atoms with Gasteiger partial charge in [-0.1, -0.05) is 62.3 Å². The Hall–Kier alpha value is -6.55. The van der Waals surface area contributed by atoms with E-state index in [1.165, 1.54) is 16.7 Å². The second-order valence-corrected chi connectivity index (χ2v) is 21.2. The minimum absolute atomic E-state index is 0.0251. The standard InChI is InChI=1S/C61H56N4O.Pt/c1-58(2,3)42-32-33-62-56(34-42)65-54-36-45(30-31-48(54)49-37-50-51(38-55(49)65)60(6,7)61(8,9)59(50,4)5)66-44-25-18-24-43(35-44)63-39-64(53-29-17-16-28-52(53)63)57-46(40-20-12-10-13-21-40)26-19-27-47(57)41-22-14-11-15-23-41;/h10-38H,1-9H3;/i10D,11D,12D,13D,14D,15D,20D,21D,22D,23D;. The number of hydrogen-bond donors (Lipinski definition) is 0. The van der Waals surface area contributed by atoms with E-state index in [1.54, 1.807) is 18.2 Å². The van der Waals surface area contributed by atoms with Gasteiger partial charge in [-0.25, -0.2) is 0 Å². The van der Waals surface area contributed by atoms with E-state index in [2.05, 4.69) is 123 Å². The number of imidazole rings is 1. The van der Waals surface area contributed by atoms with Gasteiger partial charge in [0.15, 0.2) is 0 Å². The Balaban J connectivity index is 1.10. The van der Waals surface area contributed by atoms with Crippen molar-refractivity contribution in [2.75, 3.05) is 0 Å². The first-order chi connectivity index (χ1) is 36.2. The number of nitrogens with zero attached hydrogens (tertiary/aromatic N) is 4. The third-order valence-corrected chi connectivity index (χ3v) is 16.0. The van der Waals surface area contributed by atoms with Crippen LogP contribution in [0.2, 0.25) is 0 Å². The number of ether oxygens (including phenoxy) is 1. The number of pyridine rings is 1. The fourth-order valence-electron chi connectivity index (χ4n) is 10.2. The predicted molar refractivity (Wildman–Crippen MR) is 274 cm³/mol. The van der Waals surface area contributed by atoms with Crippen LogP contribution in [0.5, 0.6) is 11.5 Å². The molecule has 10 aromatic rings. The quantitative estimate of drug-likeness (QED) is 0.159. The zero-order valence-electron chi connectivity index (χ0n) is 49.0. The molecule has 3 aromatic heterocycles. The van der Waals surface area contributed by atoms with Gasteiger partial charge in [-0.15, -0.1) is 0 Å². The Morgan fingerprint density at radius 1 is 0.552 bits per heavy atom. The summed E-state index contributed by atoms with van der Waals surface area (Å²) in [5.41, 5.74) is 7.99. The summed E-state index contributed by atoms with van der Waals surface area (Å²) in [6.07, 6.45) is 1.89. The molecule has 0 amide bonds. The van der Waals surface area contributed by atoms with Crippen LogP contribution in [-0.2, 0) is 35.6 Å². The first-order valence-electron chi connectivity index (χ1n) is 27.5. The third-order valence-electron chi connectivity index (χ3n) is 15.0. The maximum absolute atomic E-state index is 9.12. The number of benzene rings is 7. The summed E-state index contributed by atoms with van der Waals surface area (Å²) in [6, 6.07) is 30.4. The maximum atomic E-state index is 9.12. The molecule has 11 rings (SSSR count). The van der Waals surface area contributed by atoms with Gasteiger partial charge in [0.05, 0.1) is 0 Å². The average molecular weight is 1070 g/mol. The first kappa shape index (κ1) is 33.0. The summed E-state index contributed by atoms with van der Waals surface area (Å²) >= 11 is 2.19. The molecule has 0 N–H and O–H groups in total. The van der Waals surface area contributed by atoms with E-state index in [4.69, 9.17) is 23.4 Å². The van der Waals surface area contributed by atoms with E-state index < -0.39 is 60.4 Å². The van der Waals surface area contributed by atoms with Crippen molar-refractivity contribution in [1.82, 2.24) is 18.7 Å². The van der Waals surface area contributed by atoms with Crippen LogP contribution in [0.1, 0.15) is 92.7 Å². The molecule has 0 unspecified atom stereocenters. The molecule has 1 aliphatic carbocycles. The Kier molecular flexibility index (Phi) is 7.64. The molecular weight excluding hydrogens is 1000 g/mol. The second kappa shape index (κ2) is 15.5. The normalized spacial score (nSPS) is 17.2. The monoisotopic (exact) mass is 1070 g/mol. The van der Waals surface area contributed by atoms with Crippen molar-refractivity contribution >= 4 is 32.8 Å². The van der Waals surface area contributed by atoms with E-state index in [0.29, 0.717) is 26.5 Å². The van der Waals surface area contributed by atoms with Crippen molar-refractivity contribution in [1.29, 1.82) is 0 Å². The second-order valence-electron chi connectivity index (χ2n) is 20.2. The molecule has 1 aliphatic rings. The van der Waals surface area contributed by atoms with E-state index in [-0.39, 0.29) is 49.6 Å². The third kappa shape index (κ3) is 6.67. The Morgan fingerprint density at radius 2 is 1.13 bits per heavy atom. The number of para-hydroxylation sites is 3. The van der Waals surface area contributed by atoms with Crippen molar-refractivity contribution < 1.29 is 37.8 Å². The predicted octanol–water partition coefficient (Wildman–Crippen LogP) is 16.0. The summed E-state index contributed by atoms with van der Waals surface area (Å²) < 4.78 is 101. The molecular formula is C61H56N4OPt. The number of fused-ring (bicyclic) bond motifs is 5. The molecule has 6 heteroatoms. The summed E-state index contributed by atoms with van der Waals surface area (Å²) in [6.45, 7) is 20.8. The van der Waals surface area contributed by atoms with Crippen molar-refractivity contribution in [3.63, 3.8) is 0 Å². The van der Waals surface area contributed by atoms with E-state index >= 15 is 0 Å². The van der Waals surface area contributed by atoms with Crippen LogP contribution >= 0.6 is 0 Å². The zero-order chi connectivity index (χ0) is 55.3. The first-order valence-corrected chi connectivity index (χ1v) is 23.7. The molecule has 0 aliphatic heterocycles. The fraction of sp³-hybridized carbons (Fsp3) is 0.213. The van der Waals surface area contributed by atoms with Gasteiger partial charge in [0.2, 0.25) is 0 Å². The van der Waals surface area contributed by atoms with Gasteiger partial charge in [-0.05, 0) is 44.4 Å². The van der Waals surface area contributed by atoms with Crippen molar-refractivity contribution in [2.24, 2.45) is 5.41 Å². The van der Waals surface area contributed by atoms with Gasteiger partial charge < -0.3 is 0 Å². The van der Waals surface area contributed by atoms with Crippen LogP contribution in [0, 0.1) is 9.22 Å². The van der Waals surface area contributed by atoms with Crippen LogP contribution in [0.3, 0.4) is 0 Å². The van der Waals surface area contributed by atoms with Crippen LogP contribution in [-0.4, -0.2) is 18.7 Å². The van der Waals surface area contributed by atoms with Gasteiger partial charge in [0, 0.05) is 6.20 Å². The van der Waals surface area contributed by atoms with Gasteiger partial charge >= 0.3 is 308 Å². The van der Waals surface area contributed by atoms with E-state index in [9.17, 15) is 0 Å². The summed E-state index contributed by atoms with van der Waals surface area (Å²) in [7, 11) is 0. The van der Waals surface area contributed by atoms with E-state index in [0.717, 1.165) is 33.1 Å².